The second kappa shape index (κ2) is 6.37. The van der Waals surface area contributed by atoms with E-state index >= 15 is 0 Å². The van der Waals surface area contributed by atoms with Crippen LogP contribution in [0.5, 0.6) is 0 Å². The van der Waals surface area contributed by atoms with Crippen molar-refractivity contribution >= 4 is 0 Å². The number of aryl methyl sites for hydroxylation is 1. The van der Waals surface area contributed by atoms with Gasteiger partial charge in [-0.2, -0.15) is 4.98 Å². The van der Waals surface area contributed by atoms with E-state index < -0.39 is 0 Å². The molecule has 0 amide bonds. The van der Waals surface area contributed by atoms with Gasteiger partial charge in [-0.05, 0) is 37.9 Å². The Morgan fingerprint density at radius 3 is 3.13 bits per heavy atom. The topological polar surface area (TPSA) is 64.3 Å². The second-order valence-electron chi connectivity index (χ2n) is 6.50. The number of hydrogen-bond donors (Lipinski definition) is 0. The van der Waals surface area contributed by atoms with E-state index in [1.165, 1.54) is 19.3 Å². The highest BCUT2D eigenvalue weighted by Gasteiger charge is 2.33. The van der Waals surface area contributed by atoms with E-state index in [1.807, 2.05) is 25.3 Å². The van der Waals surface area contributed by atoms with Crippen LogP contribution in [0.1, 0.15) is 48.3 Å². The van der Waals surface area contributed by atoms with Crippen molar-refractivity contribution in [3.05, 3.63) is 41.3 Å². The van der Waals surface area contributed by atoms with E-state index in [-0.39, 0.29) is 6.10 Å². The summed E-state index contributed by atoms with van der Waals surface area (Å²) >= 11 is 0. The Hall–Kier alpha value is -1.79. The summed E-state index contributed by atoms with van der Waals surface area (Å²) in [5, 5.41) is 4.13. The summed E-state index contributed by atoms with van der Waals surface area (Å²) in [5.41, 5.74) is 2.08. The Bertz CT molecular complexity index is 655. The molecule has 2 aliphatic heterocycles. The van der Waals surface area contributed by atoms with E-state index in [0.29, 0.717) is 24.2 Å². The van der Waals surface area contributed by atoms with Crippen LogP contribution in [-0.2, 0) is 11.2 Å². The number of ether oxygens (including phenoxy) is 1. The molecule has 4 heterocycles. The summed E-state index contributed by atoms with van der Waals surface area (Å²) in [6.45, 7) is 4.78. The molecule has 0 aliphatic carbocycles. The summed E-state index contributed by atoms with van der Waals surface area (Å²) in [7, 11) is 0. The lowest BCUT2D eigenvalue weighted by atomic mass is 10.0. The predicted octanol–water partition coefficient (Wildman–Crippen LogP) is 2.29. The standard InChI is InChI=1S/C17H22N4O2/c1-12-5-6-13(9-18-12)8-16-19-17(20-23-16)15-10-21-7-3-2-4-14(21)11-22-15/h5-6,9,14-15H,2-4,7-8,10-11H2,1H3. The molecule has 23 heavy (non-hydrogen) atoms. The van der Waals surface area contributed by atoms with Crippen LogP contribution in [-0.4, -0.2) is 45.8 Å². The Labute approximate surface area is 135 Å². The van der Waals surface area contributed by atoms with Gasteiger partial charge in [-0.25, -0.2) is 0 Å². The van der Waals surface area contributed by atoms with Crippen LogP contribution < -0.4 is 0 Å². The highest BCUT2D eigenvalue weighted by Crippen LogP contribution is 2.28. The maximum Gasteiger partial charge on any atom is 0.231 e. The van der Waals surface area contributed by atoms with Gasteiger partial charge >= 0.3 is 0 Å². The van der Waals surface area contributed by atoms with Crippen LogP contribution in [0.4, 0.5) is 0 Å². The fourth-order valence-corrected chi connectivity index (χ4v) is 3.39. The summed E-state index contributed by atoms with van der Waals surface area (Å²) < 4.78 is 11.4. The molecule has 2 saturated heterocycles. The van der Waals surface area contributed by atoms with Gasteiger partial charge in [0.25, 0.3) is 0 Å². The van der Waals surface area contributed by atoms with Gasteiger partial charge in [-0.1, -0.05) is 17.6 Å². The van der Waals surface area contributed by atoms with Crippen molar-refractivity contribution in [3.8, 4) is 0 Å². The van der Waals surface area contributed by atoms with Crippen molar-refractivity contribution < 1.29 is 9.26 Å². The molecule has 2 fully saturated rings. The van der Waals surface area contributed by atoms with Gasteiger partial charge in [0.05, 0.1) is 13.0 Å². The van der Waals surface area contributed by atoms with Crippen molar-refractivity contribution in [3.63, 3.8) is 0 Å². The van der Waals surface area contributed by atoms with Crippen molar-refractivity contribution in [1.82, 2.24) is 20.0 Å². The van der Waals surface area contributed by atoms with Crippen molar-refractivity contribution in [2.75, 3.05) is 19.7 Å². The molecule has 6 heteroatoms. The van der Waals surface area contributed by atoms with Crippen LogP contribution in [0, 0.1) is 6.92 Å². The SMILES string of the molecule is Cc1ccc(Cc2nc(C3CN4CCCCC4CO3)no2)cn1. The molecule has 0 aromatic carbocycles. The minimum atomic E-state index is -0.0713. The molecule has 0 saturated carbocycles. The molecule has 0 N–H and O–H groups in total. The monoisotopic (exact) mass is 314 g/mol. The van der Waals surface area contributed by atoms with Gasteiger partial charge in [-0.15, -0.1) is 0 Å². The molecule has 2 aliphatic rings. The molecule has 2 atom stereocenters. The number of hydrogen-bond acceptors (Lipinski definition) is 6. The summed E-state index contributed by atoms with van der Waals surface area (Å²) in [6.07, 6.45) is 6.23. The fraction of sp³-hybridized carbons (Fsp3) is 0.588. The van der Waals surface area contributed by atoms with Gasteiger partial charge < -0.3 is 9.26 Å². The fourth-order valence-electron chi connectivity index (χ4n) is 3.39. The molecule has 6 nitrogen and oxygen atoms in total. The molecule has 4 rings (SSSR count). The maximum absolute atomic E-state index is 5.97. The minimum absolute atomic E-state index is 0.0713. The van der Waals surface area contributed by atoms with E-state index in [2.05, 4.69) is 20.0 Å². The van der Waals surface area contributed by atoms with E-state index in [0.717, 1.165) is 31.0 Å². The van der Waals surface area contributed by atoms with Gasteiger partial charge in [-0.3, -0.25) is 9.88 Å². The van der Waals surface area contributed by atoms with Crippen molar-refractivity contribution in [2.24, 2.45) is 0 Å². The van der Waals surface area contributed by atoms with E-state index in [1.54, 1.807) is 0 Å². The molecule has 0 radical (unpaired) electrons. The van der Waals surface area contributed by atoms with E-state index in [9.17, 15) is 0 Å². The Balaban J connectivity index is 1.42. The molecular weight excluding hydrogens is 292 g/mol. The van der Waals surface area contributed by atoms with Crippen LogP contribution in [0.3, 0.4) is 0 Å². The lowest BCUT2D eigenvalue weighted by molar-refractivity contribution is -0.0805. The number of piperidine rings is 1. The summed E-state index contributed by atoms with van der Waals surface area (Å²) in [6, 6.07) is 4.61. The number of pyridine rings is 1. The van der Waals surface area contributed by atoms with E-state index in [4.69, 9.17) is 9.26 Å². The average Bonchev–Trinajstić information content (AvgIpc) is 3.05. The first-order valence-electron chi connectivity index (χ1n) is 8.37. The lowest BCUT2D eigenvalue weighted by Gasteiger charge is -2.41. The Kier molecular flexibility index (Phi) is 4.10. The van der Waals surface area contributed by atoms with Crippen LogP contribution in [0.2, 0.25) is 0 Å². The molecule has 2 aromatic rings. The second-order valence-corrected chi connectivity index (χ2v) is 6.50. The molecule has 0 spiro atoms. The molecule has 122 valence electrons. The molecule has 0 bridgehead atoms. The number of morpholine rings is 1. The van der Waals surface area contributed by atoms with Gasteiger partial charge in [0.15, 0.2) is 0 Å². The lowest BCUT2D eigenvalue weighted by Crippen LogP contribution is -2.49. The van der Waals surface area contributed by atoms with Crippen LogP contribution in [0.25, 0.3) is 0 Å². The van der Waals surface area contributed by atoms with Crippen LogP contribution in [0.15, 0.2) is 22.9 Å². The predicted molar refractivity (Wildman–Crippen MR) is 84.0 cm³/mol. The highest BCUT2D eigenvalue weighted by atomic mass is 16.5. The first-order chi connectivity index (χ1) is 11.3. The maximum atomic E-state index is 5.97. The van der Waals surface area contributed by atoms with Crippen molar-refractivity contribution in [1.29, 1.82) is 0 Å². The molecule has 2 aromatic heterocycles. The third-order valence-corrected chi connectivity index (χ3v) is 4.74. The third-order valence-electron chi connectivity index (χ3n) is 4.74. The zero-order valence-corrected chi connectivity index (χ0v) is 13.4. The van der Waals surface area contributed by atoms with Gasteiger partial charge in [0, 0.05) is 24.5 Å². The Morgan fingerprint density at radius 2 is 2.26 bits per heavy atom. The smallest absolute Gasteiger partial charge is 0.231 e. The van der Waals surface area contributed by atoms with Crippen LogP contribution >= 0.6 is 0 Å². The Morgan fingerprint density at radius 1 is 1.30 bits per heavy atom. The summed E-state index contributed by atoms with van der Waals surface area (Å²) in [4.78, 5) is 11.3. The first-order valence-corrected chi connectivity index (χ1v) is 8.37. The number of rotatable bonds is 3. The highest BCUT2D eigenvalue weighted by molar-refractivity contribution is 5.16. The number of aromatic nitrogens is 3. The normalized spacial score (nSPS) is 25.3. The minimum Gasteiger partial charge on any atom is -0.367 e. The molecule has 2 unspecified atom stereocenters. The largest absolute Gasteiger partial charge is 0.367 e. The van der Waals surface area contributed by atoms with Gasteiger partial charge in [0.1, 0.15) is 6.10 Å². The van der Waals surface area contributed by atoms with Crippen molar-refractivity contribution in [2.45, 2.75) is 44.8 Å². The zero-order valence-electron chi connectivity index (χ0n) is 13.4. The zero-order chi connectivity index (χ0) is 15.6. The molecular formula is C17H22N4O2. The first kappa shape index (κ1) is 14.8. The average molecular weight is 314 g/mol. The number of fused-ring (bicyclic) bond motifs is 1. The quantitative estimate of drug-likeness (QED) is 0.866. The van der Waals surface area contributed by atoms with Gasteiger partial charge in [0.2, 0.25) is 11.7 Å². The summed E-state index contributed by atoms with van der Waals surface area (Å²) in [5.74, 6) is 1.29. The number of nitrogens with zero attached hydrogens (tertiary/aromatic N) is 4. The third kappa shape index (κ3) is 3.28.